The SMILES string of the molecule is Cc1c(Cl)cccc1NC(=O)C(C)Sc1nnc(-c2cccs2)n1N. The predicted molar refractivity (Wildman–Crippen MR) is 104 cm³/mol. The van der Waals surface area contributed by atoms with E-state index in [1.807, 2.05) is 30.5 Å². The van der Waals surface area contributed by atoms with Crippen LogP contribution in [0.2, 0.25) is 5.02 Å². The van der Waals surface area contributed by atoms with E-state index in [1.54, 1.807) is 19.1 Å². The van der Waals surface area contributed by atoms with Crippen molar-refractivity contribution in [2.75, 3.05) is 11.2 Å². The minimum atomic E-state index is -0.402. The minimum Gasteiger partial charge on any atom is -0.335 e. The molecule has 0 radical (unpaired) electrons. The van der Waals surface area contributed by atoms with E-state index < -0.39 is 5.25 Å². The predicted octanol–water partition coefficient (Wildman–Crippen LogP) is 3.80. The quantitative estimate of drug-likeness (QED) is 0.508. The Morgan fingerprint density at radius 2 is 2.16 bits per heavy atom. The van der Waals surface area contributed by atoms with Gasteiger partial charge < -0.3 is 11.2 Å². The molecule has 0 aliphatic carbocycles. The number of thiophene rings is 1. The first kappa shape index (κ1) is 17.8. The third-order valence-corrected chi connectivity index (χ3v) is 5.92. The van der Waals surface area contributed by atoms with Gasteiger partial charge in [0.1, 0.15) is 0 Å². The van der Waals surface area contributed by atoms with Crippen LogP contribution in [0, 0.1) is 6.92 Å². The van der Waals surface area contributed by atoms with Crippen molar-refractivity contribution in [3.05, 3.63) is 46.3 Å². The molecule has 130 valence electrons. The highest BCUT2D eigenvalue weighted by atomic mass is 35.5. The molecule has 0 saturated carbocycles. The van der Waals surface area contributed by atoms with Gasteiger partial charge in [-0.1, -0.05) is 35.5 Å². The number of halogens is 1. The van der Waals surface area contributed by atoms with Gasteiger partial charge in [-0.15, -0.1) is 21.5 Å². The molecular weight excluding hydrogens is 378 g/mol. The van der Waals surface area contributed by atoms with Crippen LogP contribution >= 0.6 is 34.7 Å². The van der Waals surface area contributed by atoms with Crippen LogP contribution in [0.1, 0.15) is 12.5 Å². The Kier molecular flexibility index (Phi) is 5.31. The summed E-state index contributed by atoms with van der Waals surface area (Å²) in [5.74, 6) is 6.49. The second-order valence-electron chi connectivity index (χ2n) is 5.32. The summed E-state index contributed by atoms with van der Waals surface area (Å²) in [6.07, 6.45) is 0. The molecule has 0 fully saturated rings. The van der Waals surface area contributed by atoms with Crippen molar-refractivity contribution in [1.82, 2.24) is 14.9 Å². The fourth-order valence-corrected chi connectivity index (χ4v) is 3.77. The smallest absolute Gasteiger partial charge is 0.237 e. The van der Waals surface area contributed by atoms with Gasteiger partial charge in [0.2, 0.25) is 11.1 Å². The van der Waals surface area contributed by atoms with Crippen LogP contribution in [0.4, 0.5) is 5.69 Å². The molecule has 1 amide bonds. The van der Waals surface area contributed by atoms with E-state index in [0.29, 0.717) is 21.7 Å². The zero-order valence-electron chi connectivity index (χ0n) is 13.6. The van der Waals surface area contributed by atoms with E-state index in [4.69, 9.17) is 17.4 Å². The fourth-order valence-electron chi connectivity index (χ4n) is 2.12. The molecule has 9 heteroatoms. The first-order valence-corrected chi connectivity index (χ1v) is 9.58. The van der Waals surface area contributed by atoms with Gasteiger partial charge in [-0.05, 0) is 43.0 Å². The molecule has 0 aliphatic rings. The van der Waals surface area contributed by atoms with Crippen molar-refractivity contribution in [2.24, 2.45) is 0 Å². The molecular formula is C16H16ClN5OS2. The molecule has 2 aromatic heterocycles. The van der Waals surface area contributed by atoms with Gasteiger partial charge in [0.05, 0.1) is 10.1 Å². The van der Waals surface area contributed by atoms with E-state index in [-0.39, 0.29) is 5.91 Å². The number of nitrogen functional groups attached to an aromatic ring is 1. The van der Waals surface area contributed by atoms with E-state index in [2.05, 4.69) is 15.5 Å². The standard InChI is InChI=1S/C16H16ClN5OS2/c1-9-11(17)5-3-6-12(9)19-15(23)10(2)25-16-21-20-14(22(16)18)13-7-4-8-24-13/h3-8,10H,18H2,1-2H3,(H,19,23). The second-order valence-corrected chi connectivity index (χ2v) is 7.98. The second kappa shape index (κ2) is 7.47. The van der Waals surface area contributed by atoms with Crippen LogP contribution in [0.15, 0.2) is 40.9 Å². The first-order chi connectivity index (χ1) is 12.0. The zero-order chi connectivity index (χ0) is 18.0. The molecule has 0 saturated heterocycles. The summed E-state index contributed by atoms with van der Waals surface area (Å²) >= 11 is 8.86. The molecule has 2 heterocycles. The summed E-state index contributed by atoms with van der Waals surface area (Å²) in [4.78, 5) is 13.4. The van der Waals surface area contributed by atoms with Crippen molar-refractivity contribution in [3.63, 3.8) is 0 Å². The summed E-state index contributed by atoms with van der Waals surface area (Å²) in [6, 6.07) is 9.24. The highest BCUT2D eigenvalue weighted by Gasteiger charge is 2.21. The van der Waals surface area contributed by atoms with Crippen molar-refractivity contribution >= 4 is 46.3 Å². The van der Waals surface area contributed by atoms with Gasteiger partial charge in [-0.3, -0.25) is 4.79 Å². The van der Waals surface area contributed by atoms with Gasteiger partial charge >= 0.3 is 0 Å². The maximum Gasteiger partial charge on any atom is 0.237 e. The van der Waals surface area contributed by atoms with Crippen LogP contribution in [0.5, 0.6) is 0 Å². The summed E-state index contributed by atoms with van der Waals surface area (Å²) in [7, 11) is 0. The molecule has 1 atom stereocenters. The Morgan fingerprint density at radius 3 is 2.88 bits per heavy atom. The van der Waals surface area contributed by atoms with Crippen molar-refractivity contribution in [1.29, 1.82) is 0 Å². The largest absolute Gasteiger partial charge is 0.335 e. The molecule has 0 bridgehead atoms. The lowest BCUT2D eigenvalue weighted by Crippen LogP contribution is -2.24. The van der Waals surface area contributed by atoms with Crippen LogP contribution in [-0.2, 0) is 4.79 Å². The normalized spacial score (nSPS) is 12.1. The summed E-state index contributed by atoms with van der Waals surface area (Å²) in [5, 5.41) is 13.7. The molecule has 3 rings (SSSR count). The Labute approximate surface area is 158 Å². The van der Waals surface area contributed by atoms with E-state index >= 15 is 0 Å². The monoisotopic (exact) mass is 393 g/mol. The fraction of sp³-hybridized carbons (Fsp3) is 0.188. The number of anilines is 1. The number of nitrogens with two attached hydrogens (primary N) is 1. The Morgan fingerprint density at radius 1 is 1.36 bits per heavy atom. The average Bonchev–Trinajstić information content (AvgIpc) is 3.22. The number of hydrogen-bond acceptors (Lipinski definition) is 6. The third kappa shape index (κ3) is 3.81. The molecule has 25 heavy (non-hydrogen) atoms. The van der Waals surface area contributed by atoms with E-state index in [0.717, 1.165) is 10.4 Å². The van der Waals surface area contributed by atoms with Gasteiger partial charge in [0.15, 0.2) is 5.82 Å². The van der Waals surface area contributed by atoms with E-state index in [1.165, 1.54) is 27.8 Å². The topological polar surface area (TPSA) is 85.8 Å². The number of amides is 1. The Hall–Kier alpha value is -2.03. The molecule has 1 unspecified atom stereocenters. The zero-order valence-corrected chi connectivity index (χ0v) is 16.0. The van der Waals surface area contributed by atoms with Gasteiger partial charge in [0, 0.05) is 10.7 Å². The molecule has 1 aromatic carbocycles. The number of carbonyl (C=O) groups is 1. The number of nitrogens with one attached hydrogen (secondary N) is 1. The number of rotatable bonds is 5. The number of benzene rings is 1. The molecule has 3 aromatic rings. The van der Waals surface area contributed by atoms with Crippen LogP contribution in [0.25, 0.3) is 10.7 Å². The maximum absolute atomic E-state index is 12.5. The van der Waals surface area contributed by atoms with Gasteiger partial charge in [0.25, 0.3) is 0 Å². The molecule has 0 spiro atoms. The Balaban J connectivity index is 1.71. The maximum atomic E-state index is 12.5. The molecule has 6 nitrogen and oxygen atoms in total. The van der Waals surface area contributed by atoms with Crippen LogP contribution in [0.3, 0.4) is 0 Å². The third-order valence-electron chi connectivity index (χ3n) is 3.58. The average molecular weight is 394 g/mol. The highest BCUT2D eigenvalue weighted by molar-refractivity contribution is 8.00. The van der Waals surface area contributed by atoms with Crippen molar-refractivity contribution in [2.45, 2.75) is 24.3 Å². The van der Waals surface area contributed by atoms with Gasteiger partial charge in [-0.2, -0.15) is 0 Å². The van der Waals surface area contributed by atoms with E-state index in [9.17, 15) is 4.79 Å². The van der Waals surface area contributed by atoms with Crippen molar-refractivity contribution in [3.8, 4) is 10.7 Å². The number of nitrogens with zero attached hydrogens (tertiary/aromatic N) is 3. The summed E-state index contributed by atoms with van der Waals surface area (Å²) in [6.45, 7) is 3.65. The number of thioether (sulfide) groups is 1. The first-order valence-electron chi connectivity index (χ1n) is 7.44. The molecule has 0 aliphatic heterocycles. The molecule has 3 N–H and O–H groups in total. The number of hydrogen-bond donors (Lipinski definition) is 2. The van der Waals surface area contributed by atoms with Crippen LogP contribution < -0.4 is 11.2 Å². The lowest BCUT2D eigenvalue weighted by Gasteiger charge is -2.13. The van der Waals surface area contributed by atoms with Gasteiger partial charge in [-0.25, -0.2) is 4.68 Å². The highest BCUT2D eigenvalue weighted by Crippen LogP contribution is 2.28. The Bertz CT molecular complexity index is 894. The number of carbonyl (C=O) groups excluding carboxylic acids is 1. The summed E-state index contributed by atoms with van der Waals surface area (Å²) < 4.78 is 1.41. The van der Waals surface area contributed by atoms with Crippen LogP contribution in [-0.4, -0.2) is 26.0 Å². The van der Waals surface area contributed by atoms with Crippen molar-refractivity contribution < 1.29 is 4.79 Å². The lowest BCUT2D eigenvalue weighted by molar-refractivity contribution is -0.115. The minimum absolute atomic E-state index is 0.156. The number of aromatic nitrogens is 3. The lowest BCUT2D eigenvalue weighted by atomic mass is 10.2. The summed E-state index contributed by atoms with van der Waals surface area (Å²) in [5.41, 5.74) is 1.52.